The zero-order chi connectivity index (χ0) is 14.8. The molecule has 106 valence electrons. The van der Waals surface area contributed by atoms with E-state index >= 15 is 0 Å². The minimum absolute atomic E-state index is 0.0301. The zero-order valence-electron chi connectivity index (χ0n) is 11.0. The molecule has 0 radical (unpaired) electrons. The van der Waals surface area contributed by atoms with Crippen molar-refractivity contribution >= 4 is 5.69 Å². The van der Waals surface area contributed by atoms with Crippen LogP contribution in [-0.4, -0.2) is 24.2 Å². The van der Waals surface area contributed by atoms with Crippen LogP contribution in [0.2, 0.25) is 0 Å². The van der Waals surface area contributed by atoms with Crippen LogP contribution in [-0.2, 0) is 0 Å². The van der Waals surface area contributed by atoms with Gasteiger partial charge in [0.15, 0.2) is 11.5 Å². The van der Waals surface area contributed by atoms with E-state index < -0.39 is 10.5 Å². The maximum Gasteiger partial charge on any atom is 0.273 e. The smallest absolute Gasteiger partial charge is 0.273 e. The minimum atomic E-state index is -1.02. The van der Waals surface area contributed by atoms with Crippen molar-refractivity contribution in [3.8, 4) is 17.6 Å². The summed E-state index contributed by atoms with van der Waals surface area (Å²) < 4.78 is 10.6. The van der Waals surface area contributed by atoms with Crippen LogP contribution in [0.1, 0.15) is 12.8 Å². The largest absolute Gasteiger partial charge is 0.493 e. The number of methoxy groups -OCH3 is 1. The van der Waals surface area contributed by atoms with Gasteiger partial charge in [-0.05, 0) is 24.8 Å². The molecule has 1 aliphatic carbocycles. The number of rotatable bonds is 6. The molecule has 0 aromatic heterocycles. The standard InChI is InChI=1S/C13H15N3O4/c1-19-12-6-10(16(17)18)4-5-11(12)20-8-13(15,7-14)9-2-3-9/h4-6,9H,2-3,8,15H2,1H3. The molecule has 0 amide bonds. The highest BCUT2D eigenvalue weighted by Crippen LogP contribution is 2.39. The van der Waals surface area contributed by atoms with Crippen LogP contribution in [0.25, 0.3) is 0 Å². The number of nitro benzene ring substituents is 1. The molecule has 1 saturated carbocycles. The number of benzene rings is 1. The molecular formula is C13H15N3O4. The van der Waals surface area contributed by atoms with Gasteiger partial charge in [-0.2, -0.15) is 5.26 Å². The Labute approximate surface area is 116 Å². The van der Waals surface area contributed by atoms with E-state index in [1.54, 1.807) is 0 Å². The first-order valence-corrected chi connectivity index (χ1v) is 6.15. The Bertz CT molecular complexity index is 565. The van der Waals surface area contributed by atoms with E-state index in [-0.39, 0.29) is 24.0 Å². The highest BCUT2D eigenvalue weighted by molar-refractivity contribution is 5.48. The molecule has 1 unspecified atom stereocenters. The van der Waals surface area contributed by atoms with Crippen LogP contribution >= 0.6 is 0 Å². The van der Waals surface area contributed by atoms with Gasteiger partial charge in [-0.15, -0.1) is 0 Å². The summed E-state index contributed by atoms with van der Waals surface area (Å²) >= 11 is 0. The fourth-order valence-corrected chi connectivity index (χ4v) is 1.93. The summed E-state index contributed by atoms with van der Waals surface area (Å²) in [6.07, 6.45) is 1.84. The molecule has 0 saturated heterocycles. The number of nitrogens with two attached hydrogens (primary N) is 1. The number of ether oxygens (including phenoxy) is 2. The van der Waals surface area contributed by atoms with Gasteiger partial charge in [0.1, 0.15) is 12.1 Å². The van der Waals surface area contributed by atoms with Crippen LogP contribution in [0, 0.1) is 27.4 Å². The minimum Gasteiger partial charge on any atom is -0.493 e. The van der Waals surface area contributed by atoms with E-state index in [0.29, 0.717) is 5.75 Å². The maximum atomic E-state index is 10.7. The molecule has 1 atom stereocenters. The van der Waals surface area contributed by atoms with Gasteiger partial charge in [0.25, 0.3) is 5.69 Å². The topological polar surface area (TPSA) is 111 Å². The number of nitrogens with zero attached hydrogens (tertiary/aromatic N) is 2. The van der Waals surface area contributed by atoms with E-state index in [9.17, 15) is 10.1 Å². The lowest BCUT2D eigenvalue weighted by Gasteiger charge is -2.21. The summed E-state index contributed by atoms with van der Waals surface area (Å²) in [5, 5.41) is 19.8. The summed E-state index contributed by atoms with van der Waals surface area (Å²) in [5.74, 6) is 0.732. The second-order valence-corrected chi connectivity index (χ2v) is 4.81. The van der Waals surface area contributed by atoms with Gasteiger partial charge in [0, 0.05) is 6.07 Å². The average Bonchev–Trinajstić information content (AvgIpc) is 3.29. The molecule has 1 aromatic rings. The van der Waals surface area contributed by atoms with Crippen molar-refractivity contribution in [2.75, 3.05) is 13.7 Å². The molecule has 1 aliphatic rings. The van der Waals surface area contributed by atoms with Crippen LogP contribution < -0.4 is 15.2 Å². The molecule has 2 rings (SSSR count). The Kier molecular flexibility index (Phi) is 3.77. The molecule has 0 spiro atoms. The van der Waals surface area contributed by atoms with Gasteiger partial charge in [-0.1, -0.05) is 0 Å². The molecule has 1 aromatic carbocycles. The van der Waals surface area contributed by atoms with Gasteiger partial charge in [-0.3, -0.25) is 10.1 Å². The third kappa shape index (κ3) is 2.81. The number of hydrogen-bond acceptors (Lipinski definition) is 6. The van der Waals surface area contributed by atoms with Gasteiger partial charge in [0.05, 0.1) is 24.2 Å². The molecule has 7 heteroatoms. The van der Waals surface area contributed by atoms with E-state index in [4.69, 9.17) is 20.5 Å². The second-order valence-electron chi connectivity index (χ2n) is 4.81. The lowest BCUT2D eigenvalue weighted by molar-refractivity contribution is -0.384. The Balaban J connectivity index is 2.13. The molecular weight excluding hydrogens is 262 g/mol. The first-order valence-electron chi connectivity index (χ1n) is 6.15. The maximum absolute atomic E-state index is 10.7. The van der Waals surface area contributed by atoms with E-state index in [1.165, 1.54) is 25.3 Å². The van der Waals surface area contributed by atoms with E-state index in [1.807, 2.05) is 0 Å². The first-order chi connectivity index (χ1) is 9.50. The molecule has 0 heterocycles. The summed E-state index contributed by atoms with van der Waals surface area (Å²) in [6.45, 7) is 0.0301. The van der Waals surface area contributed by atoms with E-state index in [0.717, 1.165) is 12.8 Å². The summed E-state index contributed by atoms with van der Waals surface area (Å²) in [4.78, 5) is 10.2. The monoisotopic (exact) mass is 277 g/mol. The summed E-state index contributed by atoms with van der Waals surface area (Å²) in [7, 11) is 1.40. The Hall–Kier alpha value is -2.33. The van der Waals surface area contributed by atoms with Crippen molar-refractivity contribution in [2.45, 2.75) is 18.4 Å². The lowest BCUT2D eigenvalue weighted by atomic mass is 9.98. The average molecular weight is 277 g/mol. The van der Waals surface area contributed by atoms with Crippen LogP contribution in [0.3, 0.4) is 0 Å². The Morgan fingerprint density at radius 2 is 2.25 bits per heavy atom. The molecule has 20 heavy (non-hydrogen) atoms. The number of nitriles is 1. The molecule has 7 nitrogen and oxygen atoms in total. The highest BCUT2D eigenvalue weighted by atomic mass is 16.6. The van der Waals surface area contributed by atoms with Gasteiger partial charge in [-0.25, -0.2) is 0 Å². The number of nitro groups is 1. The molecule has 1 fully saturated rings. The van der Waals surface area contributed by atoms with Crippen LogP contribution in [0.4, 0.5) is 5.69 Å². The van der Waals surface area contributed by atoms with Gasteiger partial charge < -0.3 is 15.2 Å². The SMILES string of the molecule is COc1cc([N+](=O)[O-])ccc1OCC(N)(C#N)C1CC1. The van der Waals surface area contributed by atoms with Gasteiger partial charge >= 0.3 is 0 Å². The summed E-state index contributed by atoms with van der Waals surface area (Å²) in [5.41, 5.74) is 4.88. The fraction of sp³-hybridized carbons (Fsp3) is 0.462. The van der Waals surface area contributed by atoms with Crippen molar-refractivity contribution < 1.29 is 14.4 Å². The van der Waals surface area contributed by atoms with Crippen molar-refractivity contribution in [1.29, 1.82) is 5.26 Å². The highest BCUT2D eigenvalue weighted by Gasteiger charge is 2.43. The predicted octanol–water partition coefficient (Wildman–Crippen LogP) is 1.61. The van der Waals surface area contributed by atoms with Crippen LogP contribution in [0.5, 0.6) is 11.5 Å². The lowest BCUT2D eigenvalue weighted by Crippen LogP contribution is -2.46. The van der Waals surface area contributed by atoms with E-state index in [2.05, 4.69) is 6.07 Å². The summed E-state index contributed by atoms with van der Waals surface area (Å²) in [6, 6.07) is 6.12. The van der Waals surface area contributed by atoms with Crippen molar-refractivity contribution in [3.05, 3.63) is 28.3 Å². The normalized spacial score (nSPS) is 16.9. The molecule has 0 bridgehead atoms. The van der Waals surface area contributed by atoms with Crippen molar-refractivity contribution in [3.63, 3.8) is 0 Å². The molecule has 2 N–H and O–H groups in total. The quantitative estimate of drug-likeness (QED) is 0.624. The number of hydrogen-bond donors (Lipinski definition) is 1. The Morgan fingerprint density at radius 3 is 2.75 bits per heavy atom. The third-order valence-electron chi connectivity index (χ3n) is 3.34. The fourth-order valence-electron chi connectivity index (χ4n) is 1.93. The predicted molar refractivity (Wildman–Crippen MR) is 70.4 cm³/mol. The third-order valence-corrected chi connectivity index (χ3v) is 3.34. The number of non-ortho nitro benzene ring substituents is 1. The van der Waals surface area contributed by atoms with Crippen molar-refractivity contribution in [2.24, 2.45) is 11.7 Å². The molecule has 0 aliphatic heterocycles. The second kappa shape index (κ2) is 5.35. The first kappa shape index (κ1) is 14.1. The van der Waals surface area contributed by atoms with Gasteiger partial charge in [0.2, 0.25) is 0 Å². The van der Waals surface area contributed by atoms with Crippen molar-refractivity contribution in [1.82, 2.24) is 0 Å². The Morgan fingerprint density at radius 1 is 1.55 bits per heavy atom. The zero-order valence-corrected chi connectivity index (χ0v) is 11.0. The van der Waals surface area contributed by atoms with Crippen LogP contribution in [0.15, 0.2) is 18.2 Å².